The van der Waals surface area contributed by atoms with Crippen molar-refractivity contribution in [3.05, 3.63) is 0 Å². The second-order valence-electron chi connectivity index (χ2n) is 7.07. The van der Waals surface area contributed by atoms with Crippen LogP contribution in [-0.2, 0) is 9.59 Å². The molecule has 1 N–H and O–H groups in total. The third-order valence-electron chi connectivity index (χ3n) is 4.89. The molecular weight excluding hydrogens is 282 g/mol. The van der Waals surface area contributed by atoms with Crippen molar-refractivity contribution in [3.8, 4) is 0 Å². The Kier molecular flexibility index (Phi) is 5.81. The molecule has 0 aromatic rings. The van der Waals surface area contributed by atoms with Crippen LogP contribution in [0.2, 0.25) is 0 Å². The normalized spacial score (nSPS) is 29.3. The fraction of sp³-hybridized carbons (Fsp3) is 0.875. The summed E-state index contributed by atoms with van der Waals surface area (Å²) in [7, 11) is 0. The Morgan fingerprint density at radius 2 is 1.64 bits per heavy atom. The summed E-state index contributed by atoms with van der Waals surface area (Å²) in [5.74, 6) is 0.612. The Hall–Kier alpha value is -1.14. The highest BCUT2D eigenvalue weighted by molar-refractivity contribution is 5.78. The lowest BCUT2D eigenvalue weighted by Gasteiger charge is -2.39. The molecule has 0 radical (unpaired) electrons. The first-order valence-electron chi connectivity index (χ1n) is 8.33. The number of carboxylic acid groups (broad SMARTS) is 1. The molecule has 6 nitrogen and oxygen atoms in total. The van der Waals surface area contributed by atoms with Crippen LogP contribution in [0.4, 0.5) is 0 Å². The van der Waals surface area contributed by atoms with E-state index >= 15 is 0 Å². The summed E-state index contributed by atoms with van der Waals surface area (Å²) in [6, 6.07) is -0.443. The number of rotatable bonds is 4. The van der Waals surface area contributed by atoms with Gasteiger partial charge in [-0.3, -0.25) is 19.4 Å². The average Bonchev–Trinajstić information content (AvgIpc) is 2.46. The summed E-state index contributed by atoms with van der Waals surface area (Å²) in [5, 5.41) is 9.05. The van der Waals surface area contributed by atoms with Gasteiger partial charge in [0, 0.05) is 39.3 Å². The van der Waals surface area contributed by atoms with Crippen molar-refractivity contribution in [1.82, 2.24) is 14.7 Å². The molecular formula is C16H29N3O3. The summed E-state index contributed by atoms with van der Waals surface area (Å²) in [6.45, 7) is 11.3. The number of hydrogen-bond acceptors (Lipinski definition) is 4. The molecule has 0 saturated carbocycles. The molecule has 0 aromatic carbocycles. The van der Waals surface area contributed by atoms with Gasteiger partial charge in [0.15, 0.2) is 0 Å². The molecule has 6 heteroatoms. The zero-order chi connectivity index (χ0) is 16.3. The number of likely N-dealkylation sites (tertiary alicyclic amines) is 1. The third kappa shape index (κ3) is 4.43. The van der Waals surface area contributed by atoms with Crippen molar-refractivity contribution in [3.63, 3.8) is 0 Å². The van der Waals surface area contributed by atoms with Crippen LogP contribution in [0, 0.1) is 11.8 Å². The highest BCUT2D eigenvalue weighted by Gasteiger charge is 2.29. The lowest BCUT2D eigenvalue weighted by atomic mass is 9.92. The Morgan fingerprint density at radius 3 is 2.14 bits per heavy atom. The van der Waals surface area contributed by atoms with Gasteiger partial charge < -0.3 is 10.0 Å². The Morgan fingerprint density at radius 1 is 1.09 bits per heavy atom. The van der Waals surface area contributed by atoms with Gasteiger partial charge in [0.05, 0.1) is 6.54 Å². The van der Waals surface area contributed by atoms with Crippen LogP contribution in [0.5, 0.6) is 0 Å². The van der Waals surface area contributed by atoms with E-state index in [0.717, 1.165) is 26.2 Å². The lowest BCUT2D eigenvalue weighted by molar-refractivity contribution is -0.144. The second kappa shape index (κ2) is 7.42. The number of carbonyl (C=O) groups excluding carboxylic acids is 1. The molecule has 3 atom stereocenters. The number of carbonyl (C=O) groups is 2. The van der Waals surface area contributed by atoms with Crippen LogP contribution >= 0.6 is 0 Å². The van der Waals surface area contributed by atoms with Crippen LogP contribution in [0.3, 0.4) is 0 Å². The molecule has 2 heterocycles. The summed E-state index contributed by atoms with van der Waals surface area (Å²) in [4.78, 5) is 29.6. The number of piperidine rings is 1. The summed E-state index contributed by atoms with van der Waals surface area (Å²) in [6.07, 6.45) is 1.20. The molecule has 2 saturated heterocycles. The largest absolute Gasteiger partial charge is 0.480 e. The molecule has 0 aliphatic carbocycles. The van der Waals surface area contributed by atoms with Gasteiger partial charge in [-0.25, -0.2) is 0 Å². The topological polar surface area (TPSA) is 64.1 Å². The highest BCUT2D eigenvalue weighted by atomic mass is 16.4. The van der Waals surface area contributed by atoms with E-state index in [1.165, 1.54) is 6.42 Å². The zero-order valence-corrected chi connectivity index (χ0v) is 14.0. The minimum Gasteiger partial charge on any atom is -0.480 e. The molecule has 2 aliphatic heterocycles. The standard InChI is InChI=1S/C16H29N3O3/c1-12-8-13(2)10-19(9-12)15(20)11-17-4-6-18(7-5-17)14(3)16(21)22/h12-14H,4-11H2,1-3H3,(H,21,22)/t12-,13+,14-/m1/s1. The van der Waals surface area contributed by atoms with Crippen molar-refractivity contribution in [2.45, 2.75) is 33.2 Å². The minimum atomic E-state index is -0.777. The van der Waals surface area contributed by atoms with Gasteiger partial charge in [-0.2, -0.15) is 0 Å². The van der Waals surface area contributed by atoms with Gasteiger partial charge >= 0.3 is 5.97 Å². The monoisotopic (exact) mass is 311 g/mol. The Bertz CT molecular complexity index is 397. The molecule has 0 spiro atoms. The maximum atomic E-state index is 12.5. The fourth-order valence-corrected chi connectivity index (χ4v) is 3.62. The van der Waals surface area contributed by atoms with Crippen molar-refractivity contribution in [2.75, 3.05) is 45.8 Å². The number of piperazine rings is 1. The smallest absolute Gasteiger partial charge is 0.320 e. The van der Waals surface area contributed by atoms with E-state index in [1.54, 1.807) is 6.92 Å². The van der Waals surface area contributed by atoms with Crippen molar-refractivity contribution in [2.24, 2.45) is 11.8 Å². The number of carboxylic acids is 1. The van der Waals surface area contributed by atoms with Crippen LogP contribution < -0.4 is 0 Å². The van der Waals surface area contributed by atoms with E-state index in [9.17, 15) is 9.59 Å². The summed E-state index contributed by atoms with van der Waals surface area (Å²) >= 11 is 0. The molecule has 0 bridgehead atoms. The third-order valence-corrected chi connectivity index (χ3v) is 4.89. The Labute approximate surface area is 133 Å². The first-order valence-corrected chi connectivity index (χ1v) is 8.33. The molecule has 0 aromatic heterocycles. The van der Waals surface area contributed by atoms with Crippen LogP contribution in [0.25, 0.3) is 0 Å². The first kappa shape index (κ1) is 17.2. The average molecular weight is 311 g/mol. The molecule has 22 heavy (non-hydrogen) atoms. The predicted molar refractivity (Wildman–Crippen MR) is 84.6 cm³/mol. The fourth-order valence-electron chi connectivity index (χ4n) is 3.62. The molecule has 2 fully saturated rings. The molecule has 1 amide bonds. The molecule has 2 aliphatic rings. The summed E-state index contributed by atoms with van der Waals surface area (Å²) < 4.78 is 0. The summed E-state index contributed by atoms with van der Waals surface area (Å²) in [5.41, 5.74) is 0. The highest BCUT2D eigenvalue weighted by Crippen LogP contribution is 2.21. The molecule has 2 rings (SSSR count). The van der Waals surface area contributed by atoms with E-state index in [1.807, 2.05) is 9.80 Å². The number of nitrogens with zero attached hydrogens (tertiary/aromatic N) is 3. The van der Waals surface area contributed by atoms with E-state index in [2.05, 4.69) is 18.7 Å². The molecule has 126 valence electrons. The first-order chi connectivity index (χ1) is 10.4. The predicted octanol–water partition coefficient (Wildman–Crippen LogP) is 0.582. The molecule has 0 unspecified atom stereocenters. The van der Waals surface area contributed by atoms with Gasteiger partial charge in [0.2, 0.25) is 5.91 Å². The van der Waals surface area contributed by atoms with Crippen molar-refractivity contribution >= 4 is 11.9 Å². The van der Waals surface area contributed by atoms with Gasteiger partial charge in [0.25, 0.3) is 0 Å². The minimum absolute atomic E-state index is 0.220. The van der Waals surface area contributed by atoms with Gasteiger partial charge in [0.1, 0.15) is 6.04 Å². The van der Waals surface area contributed by atoms with E-state index in [4.69, 9.17) is 5.11 Å². The van der Waals surface area contributed by atoms with E-state index < -0.39 is 12.0 Å². The quantitative estimate of drug-likeness (QED) is 0.823. The van der Waals surface area contributed by atoms with Crippen LogP contribution in [-0.4, -0.2) is 83.5 Å². The van der Waals surface area contributed by atoms with E-state index in [0.29, 0.717) is 31.5 Å². The van der Waals surface area contributed by atoms with Crippen LogP contribution in [0.1, 0.15) is 27.2 Å². The van der Waals surface area contributed by atoms with E-state index in [-0.39, 0.29) is 5.91 Å². The van der Waals surface area contributed by atoms with Gasteiger partial charge in [-0.15, -0.1) is 0 Å². The Balaban J connectivity index is 1.78. The van der Waals surface area contributed by atoms with Crippen LogP contribution in [0.15, 0.2) is 0 Å². The number of aliphatic carboxylic acids is 1. The number of hydrogen-bond donors (Lipinski definition) is 1. The van der Waals surface area contributed by atoms with Gasteiger partial charge in [-0.1, -0.05) is 13.8 Å². The number of amides is 1. The van der Waals surface area contributed by atoms with Gasteiger partial charge in [-0.05, 0) is 25.2 Å². The SMILES string of the molecule is C[C@@H]1C[C@H](C)CN(C(=O)CN2CCN([C@H](C)C(=O)O)CC2)C1. The van der Waals surface area contributed by atoms with Crippen molar-refractivity contribution < 1.29 is 14.7 Å². The van der Waals surface area contributed by atoms with Crippen molar-refractivity contribution in [1.29, 1.82) is 0 Å². The lowest BCUT2D eigenvalue weighted by Crippen LogP contribution is -2.54. The zero-order valence-electron chi connectivity index (χ0n) is 14.0. The maximum absolute atomic E-state index is 12.5. The second-order valence-corrected chi connectivity index (χ2v) is 7.07. The maximum Gasteiger partial charge on any atom is 0.320 e.